The normalized spacial score (nSPS) is 4.00. The van der Waals surface area contributed by atoms with Crippen LogP contribution in [0.4, 0.5) is 0 Å². The zero-order valence-electron chi connectivity index (χ0n) is 3.07. The Labute approximate surface area is 51.7 Å². The van der Waals surface area contributed by atoms with Gasteiger partial charge in [0.1, 0.15) is 0 Å². The first-order valence-electron chi connectivity index (χ1n) is 1.15. The molecule has 0 aliphatic heterocycles. The molecule has 0 aliphatic carbocycles. The van der Waals surface area contributed by atoms with Gasteiger partial charge in [0.15, 0.2) is 0 Å². The van der Waals surface area contributed by atoms with Gasteiger partial charge in [0.05, 0.1) is 0 Å². The number of allylic oxidation sites excluding steroid dienone is 2. The molecule has 0 N–H and O–H groups in total. The van der Waals surface area contributed by atoms with Crippen molar-refractivity contribution in [1.29, 1.82) is 0 Å². The van der Waals surface area contributed by atoms with Gasteiger partial charge in [0.25, 0.3) is 0 Å². The van der Waals surface area contributed by atoms with Crippen molar-refractivity contribution in [2.45, 2.75) is 0 Å². The molecule has 5 heavy (non-hydrogen) atoms. The number of hydrogen-bond donors (Lipinski definition) is 0. The smallest absolute Gasteiger partial charge is 0.0991 e. The van der Waals surface area contributed by atoms with Crippen LogP contribution in [0.1, 0.15) is 0 Å². The van der Waals surface area contributed by atoms with Gasteiger partial charge >= 0.3 is 26.2 Å². The van der Waals surface area contributed by atoms with Crippen molar-refractivity contribution >= 4 is 0 Å². The molecule has 0 heterocycles. The zero-order valence-corrected chi connectivity index (χ0v) is 5.53. The fourth-order valence-corrected chi connectivity index (χ4v) is 0. The summed E-state index contributed by atoms with van der Waals surface area (Å²) in [6.45, 7) is 6.72. The van der Waals surface area contributed by atoms with Crippen molar-refractivity contribution in [1.82, 2.24) is 0 Å². The maximum absolute atomic E-state index is 3.36. The molecule has 0 bridgehead atoms. The Bertz CT molecular complexity index is 24.6. The van der Waals surface area contributed by atoms with Crippen LogP contribution in [0.2, 0.25) is 0 Å². The average molecular weight is 145 g/mol. The Morgan fingerprint density at radius 1 is 1.00 bits per heavy atom. The average Bonchev–Trinajstić information content (AvgIpc) is 1.37. The molecule has 0 aliphatic rings. The third-order valence-electron chi connectivity index (χ3n) is 0.167. The van der Waals surface area contributed by atoms with E-state index in [0.29, 0.717) is 0 Å². The van der Waals surface area contributed by atoms with Gasteiger partial charge in [0.2, 0.25) is 0 Å². The maximum atomic E-state index is 3.36. The molecule has 0 saturated carbocycles. The van der Waals surface area contributed by atoms with Gasteiger partial charge in [0, 0.05) is 0 Å². The third kappa shape index (κ3) is 13.1. The van der Waals surface area contributed by atoms with Crippen LogP contribution in [0.5, 0.6) is 0 Å². The van der Waals surface area contributed by atoms with E-state index in [2.05, 4.69) is 13.2 Å². The van der Waals surface area contributed by atoms with Gasteiger partial charge in [-0.1, -0.05) is 25.3 Å². The molecule has 1 heteroatoms. The first-order valence-corrected chi connectivity index (χ1v) is 1.15. The van der Waals surface area contributed by atoms with E-state index in [1.165, 1.54) is 0 Å². The van der Waals surface area contributed by atoms with E-state index in [1.54, 1.807) is 12.2 Å². The first kappa shape index (κ1) is 9.03. The summed E-state index contributed by atoms with van der Waals surface area (Å²) in [5.41, 5.74) is 0. The summed E-state index contributed by atoms with van der Waals surface area (Å²) >= 11 is 0. The Morgan fingerprint density at radius 3 is 1.20 bits per heavy atom. The third-order valence-corrected chi connectivity index (χ3v) is 0.167. The second-order valence-electron chi connectivity index (χ2n) is 0.471. The summed E-state index contributed by atoms with van der Waals surface area (Å²) < 4.78 is 0. The predicted octanol–water partition coefficient (Wildman–Crippen LogP) is 1.36. The largest absolute Gasteiger partial charge is 2.00 e. The van der Waals surface area contributed by atoms with E-state index in [0.717, 1.165) is 0 Å². The fraction of sp³-hybridized carbons (Fsp3) is 0. The van der Waals surface area contributed by atoms with Crippen molar-refractivity contribution in [3.05, 3.63) is 25.3 Å². The molecule has 0 saturated heterocycles. The van der Waals surface area contributed by atoms with Crippen LogP contribution in [0.15, 0.2) is 25.3 Å². The second-order valence-corrected chi connectivity index (χ2v) is 0.471. The van der Waals surface area contributed by atoms with E-state index in [1.807, 2.05) is 0 Å². The minimum atomic E-state index is 0. The molecular formula is C4H6Zr+2. The van der Waals surface area contributed by atoms with Gasteiger partial charge in [-0.15, -0.1) is 0 Å². The van der Waals surface area contributed by atoms with Crippen molar-refractivity contribution in [3.63, 3.8) is 0 Å². The van der Waals surface area contributed by atoms with Crippen LogP contribution in [0.25, 0.3) is 0 Å². The molecule has 0 amide bonds. The van der Waals surface area contributed by atoms with Gasteiger partial charge in [-0.25, -0.2) is 0 Å². The predicted molar refractivity (Wildman–Crippen MR) is 20.4 cm³/mol. The van der Waals surface area contributed by atoms with E-state index in [9.17, 15) is 0 Å². The zero-order chi connectivity index (χ0) is 3.41. The van der Waals surface area contributed by atoms with Crippen molar-refractivity contribution in [2.75, 3.05) is 0 Å². The summed E-state index contributed by atoms with van der Waals surface area (Å²) in [4.78, 5) is 0. The van der Waals surface area contributed by atoms with Crippen LogP contribution in [0.3, 0.4) is 0 Å². The molecule has 24 valence electrons. The molecule has 0 nitrogen and oxygen atoms in total. The summed E-state index contributed by atoms with van der Waals surface area (Å²) in [6.07, 6.45) is 3.28. The summed E-state index contributed by atoms with van der Waals surface area (Å²) in [5, 5.41) is 0. The molecule has 0 radical (unpaired) electrons. The van der Waals surface area contributed by atoms with Gasteiger partial charge in [-0.3, -0.25) is 0 Å². The molecule has 0 rings (SSSR count). The SMILES string of the molecule is C=CC=C.[Zr+2]. The van der Waals surface area contributed by atoms with Crippen molar-refractivity contribution < 1.29 is 26.2 Å². The van der Waals surface area contributed by atoms with E-state index in [4.69, 9.17) is 0 Å². The molecule has 0 aromatic heterocycles. The molecule has 0 fully saturated rings. The van der Waals surface area contributed by atoms with Crippen LogP contribution in [-0.4, -0.2) is 0 Å². The maximum Gasteiger partial charge on any atom is 2.00 e. The molecule has 0 aromatic carbocycles. The van der Waals surface area contributed by atoms with Crippen molar-refractivity contribution in [2.24, 2.45) is 0 Å². The van der Waals surface area contributed by atoms with Crippen LogP contribution < -0.4 is 0 Å². The first-order chi connectivity index (χ1) is 1.91. The standard InChI is InChI=1S/C4H6.Zr/c1-3-4-2;/h3-4H,1-2H2;/q;+2. The van der Waals surface area contributed by atoms with Gasteiger partial charge in [-0.05, 0) is 0 Å². The topological polar surface area (TPSA) is 0 Å². The Hall–Kier alpha value is 0.363. The number of hydrogen-bond acceptors (Lipinski definition) is 0. The summed E-state index contributed by atoms with van der Waals surface area (Å²) in [7, 11) is 0. The van der Waals surface area contributed by atoms with Gasteiger partial charge < -0.3 is 0 Å². The Kier molecular flexibility index (Phi) is 16.0. The fourth-order valence-electron chi connectivity index (χ4n) is 0. The molecule has 0 unspecified atom stereocenters. The van der Waals surface area contributed by atoms with Crippen LogP contribution in [0, 0.1) is 0 Å². The minimum absolute atomic E-state index is 0. The van der Waals surface area contributed by atoms with E-state index < -0.39 is 0 Å². The van der Waals surface area contributed by atoms with E-state index in [-0.39, 0.29) is 26.2 Å². The van der Waals surface area contributed by atoms with Gasteiger partial charge in [-0.2, -0.15) is 0 Å². The monoisotopic (exact) mass is 144 g/mol. The second kappa shape index (κ2) is 8.84. The summed E-state index contributed by atoms with van der Waals surface area (Å²) in [5.74, 6) is 0. The summed E-state index contributed by atoms with van der Waals surface area (Å²) in [6, 6.07) is 0. The molecule has 0 spiro atoms. The quantitative estimate of drug-likeness (QED) is 0.489. The Morgan fingerprint density at radius 2 is 1.20 bits per heavy atom. The van der Waals surface area contributed by atoms with Crippen LogP contribution in [-0.2, 0) is 26.2 Å². The molecular weight excluding hydrogens is 139 g/mol. The van der Waals surface area contributed by atoms with Crippen molar-refractivity contribution in [3.8, 4) is 0 Å². The van der Waals surface area contributed by atoms with E-state index >= 15 is 0 Å². The molecule has 0 atom stereocenters. The molecule has 0 aromatic rings. The minimum Gasteiger partial charge on any atom is -0.0991 e. The number of rotatable bonds is 1. The van der Waals surface area contributed by atoms with Crippen LogP contribution >= 0.6 is 0 Å². The Balaban J connectivity index is 0.